The molecule has 0 spiro atoms. The number of anilines is 1. The van der Waals surface area contributed by atoms with Gasteiger partial charge in [0.1, 0.15) is 12.1 Å². The zero-order valence-electron chi connectivity index (χ0n) is 14.7. The molecule has 1 unspecified atom stereocenters. The summed E-state index contributed by atoms with van der Waals surface area (Å²) in [7, 11) is 1.92. The first-order valence-electron chi connectivity index (χ1n) is 9.19. The minimum atomic E-state index is 0.117. The summed E-state index contributed by atoms with van der Waals surface area (Å²) in [5.41, 5.74) is 1.03. The monoisotopic (exact) mass is 329 g/mol. The number of aryl methyl sites for hydroxylation is 1. The van der Waals surface area contributed by atoms with Gasteiger partial charge >= 0.3 is 0 Å². The number of amides is 1. The molecule has 6 nitrogen and oxygen atoms in total. The highest BCUT2D eigenvalue weighted by molar-refractivity contribution is 5.83. The lowest BCUT2D eigenvalue weighted by Gasteiger charge is -2.41. The maximum Gasteiger partial charge on any atom is 0.239 e. The SMILES string of the molecule is Cc1cc(N(C2CC2)C2CCN(C3CCN(C)C3=O)CC2)ncn1. The van der Waals surface area contributed by atoms with Gasteiger partial charge in [0.05, 0.1) is 6.04 Å². The van der Waals surface area contributed by atoms with Crippen LogP contribution >= 0.6 is 0 Å². The van der Waals surface area contributed by atoms with Crippen molar-refractivity contribution in [2.24, 2.45) is 0 Å². The fourth-order valence-corrected chi connectivity index (χ4v) is 4.23. The van der Waals surface area contributed by atoms with Gasteiger partial charge in [-0.05, 0) is 39.0 Å². The molecule has 3 heterocycles. The third-order valence-electron chi connectivity index (χ3n) is 5.73. The summed E-state index contributed by atoms with van der Waals surface area (Å²) >= 11 is 0. The number of hydrogen-bond acceptors (Lipinski definition) is 5. The highest BCUT2D eigenvalue weighted by Crippen LogP contribution is 2.35. The molecule has 24 heavy (non-hydrogen) atoms. The second-order valence-electron chi connectivity index (χ2n) is 7.49. The molecule has 0 N–H and O–H groups in total. The molecule has 1 amide bonds. The third kappa shape index (κ3) is 2.99. The minimum absolute atomic E-state index is 0.117. The molecule has 1 atom stereocenters. The quantitative estimate of drug-likeness (QED) is 0.837. The molecule has 130 valence electrons. The van der Waals surface area contributed by atoms with Gasteiger partial charge in [0.25, 0.3) is 0 Å². The van der Waals surface area contributed by atoms with Gasteiger partial charge in [0.15, 0.2) is 0 Å². The normalized spacial score (nSPS) is 26.2. The number of carbonyl (C=O) groups excluding carboxylic acids is 1. The lowest BCUT2D eigenvalue weighted by Crippen LogP contribution is -2.51. The Kier molecular flexibility index (Phi) is 4.16. The van der Waals surface area contributed by atoms with E-state index in [9.17, 15) is 4.79 Å². The summed E-state index contributed by atoms with van der Waals surface area (Å²) < 4.78 is 0. The van der Waals surface area contributed by atoms with Crippen LogP contribution in [0.4, 0.5) is 5.82 Å². The summed E-state index contributed by atoms with van der Waals surface area (Å²) in [5, 5.41) is 0. The zero-order chi connectivity index (χ0) is 16.7. The Morgan fingerprint density at radius 1 is 1.04 bits per heavy atom. The molecule has 2 saturated heterocycles. The minimum Gasteiger partial charge on any atom is -0.350 e. The zero-order valence-corrected chi connectivity index (χ0v) is 14.7. The Balaban J connectivity index is 1.43. The van der Waals surface area contributed by atoms with Crippen molar-refractivity contribution in [2.45, 2.75) is 57.2 Å². The second kappa shape index (κ2) is 6.31. The molecule has 1 saturated carbocycles. The number of carbonyl (C=O) groups is 1. The van der Waals surface area contributed by atoms with E-state index >= 15 is 0 Å². The van der Waals surface area contributed by atoms with Crippen molar-refractivity contribution in [3.63, 3.8) is 0 Å². The summed E-state index contributed by atoms with van der Waals surface area (Å²) in [6.45, 7) is 4.96. The molecule has 0 bridgehead atoms. The second-order valence-corrected chi connectivity index (χ2v) is 7.49. The van der Waals surface area contributed by atoms with Crippen molar-refractivity contribution >= 4 is 11.7 Å². The van der Waals surface area contributed by atoms with E-state index in [1.807, 2.05) is 18.9 Å². The summed E-state index contributed by atoms with van der Waals surface area (Å²) in [6, 6.07) is 3.42. The number of rotatable bonds is 4. The van der Waals surface area contributed by atoms with Crippen LogP contribution in [0.15, 0.2) is 12.4 Å². The Hall–Kier alpha value is -1.69. The van der Waals surface area contributed by atoms with E-state index in [1.165, 1.54) is 12.8 Å². The van der Waals surface area contributed by atoms with Crippen molar-refractivity contribution in [2.75, 3.05) is 31.6 Å². The van der Waals surface area contributed by atoms with Gasteiger partial charge in [-0.1, -0.05) is 0 Å². The van der Waals surface area contributed by atoms with Gasteiger partial charge in [-0.25, -0.2) is 9.97 Å². The number of hydrogen-bond donors (Lipinski definition) is 0. The van der Waals surface area contributed by atoms with Crippen LogP contribution in [0, 0.1) is 6.92 Å². The lowest BCUT2D eigenvalue weighted by molar-refractivity contribution is -0.131. The van der Waals surface area contributed by atoms with Crippen LogP contribution in [0.1, 0.15) is 37.8 Å². The molecule has 1 aromatic rings. The average Bonchev–Trinajstić information content (AvgIpc) is 3.35. The van der Waals surface area contributed by atoms with Crippen molar-refractivity contribution in [3.05, 3.63) is 18.1 Å². The molecular formula is C18H27N5O. The standard InChI is InChI=1S/C18H27N5O/c1-13-11-17(20-12-19-13)23(14-3-4-14)15-5-9-22(10-6-15)16-7-8-21(2)18(16)24/h11-12,14-16H,3-10H2,1-2H3. The van der Waals surface area contributed by atoms with E-state index in [0.717, 1.165) is 50.4 Å². The van der Waals surface area contributed by atoms with E-state index in [1.54, 1.807) is 6.33 Å². The molecule has 2 aliphatic heterocycles. The maximum absolute atomic E-state index is 12.3. The van der Waals surface area contributed by atoms with Gasteiger partial charge in [-0.2, -0.15) is 0 Å². The van der Waals surface area contributed by atoms with E-state index in [0.29, 0.717) is 18.0 Å². The van der Waals surface area contributed by atoms with Gasteiger partial charge in [-0.3, -0.25) is 9.69 Å². The van der Waals surface area contributed by atoms with Crippen LogP contribution in [-0.2, 0) is 4.79 Å². The van der Waals surface area contributed by atoms with Gasteiger partial charge in [-0.15, -0.1) is 0 Å². The van der Waals surface area contributed by atoms with Crippen molar-refractivity contribution < 1.29 is 4.79 Å². The molecular weight excluding hydrogens is 302 g/mol. The molecule has 6 heteroatoms. The number of aromatic nitrogens is 2. The van der Waals surface area contributed by atoms with Crippen LogP contribution in [-0.4, -0.2) is 70.5 Å². The first-order chi connectivity index (χ1) is 11.6. The number of nitrogens with zero attached hydrogens (tertiary/aromatic N) is 5. The smallest absolute Gasteiger partial charge is 0.239 e. The highest BCUT2D eigenvalue weighted by Gasteiger charge is 2.40. The van der Waals surface area contributed by atoms with E-state index < -0.39 is 0 Å². The molecule has 0 aromatic carbocycles. The van der Waals surface area contributed by atoms with Crippen molar-refractivity contribution in [1.82, 2.24) is 19.8 Å². The number of likely N-dealkylation sites (tertiary alicyclic amines) is 2. The maximum atomic E-state index is 12.3. The van der Waals surface area contributed by atoms with Crippen LogP contribution in [0.25, 0.3) is 0 Å². The predicted octanol–water partition coefficient (Wildman–Crippen LogP) is 1.45. The lowest BCUT2D eigenvalue weighted by atomic mass is 10.0. The predicted molar refractivity (Wildman–Crippen MR) is 92.9 cm³/mol. The number of piperidine rings is 1. The van der Waals surface area contributed by atoms with Crippen molar-refractivity contribution in [1.29, 1.82) is 0 Å². The topological polar surface area (TPSA) is 52.6 Å². The van der Waals surface area contributed by atoms with Crippen LogP contribution in [0.3, 0.4) is 0 Å². The Morgan fingerprint density at radius 3 is 2.33 bits per heavy atom. The van der Waals surface area contributed by atoms with E-state index in [-0.39, 0.29) is 6.04 Å². The summed E-state index contributed by atoms with van der Waals surface area (Å²) in [5.74, 6) is 1.39. The van der Waals surface area contributed by atoms with E-state index in [2.05, 4.69) is 25.8 Å². The van der Waals surface area contributed by atoms with Gasteiger partial charge in [0, 0.05) is 50.5 Å². The number of likely N-dealkylation sites (N-methyl/N-ethyl adjacent to an activating group) is 1. The Labute approximate surface area is 143 Å². The molecule has 3 fully saturated rings. The third-order valence-corrected chi connectivity index (χ3v) is 5.73. The summed E-state index contributed by atoms with van der Waals surface area (Å²) in [6.07, 6.45) is 7.45. The highest BCUT2D eigenvalue weighted by atomic mass is 16.2. The van der Waals surface area contributed by atoms with Gasteiger partial charge in [0.2, 0.25) is 5.91 Å². The molecule has 1 aromatic heterocycles. The molecule has 1 aliphatic carbocycles. The molecule has 4 rings (SSSR count). The Bertz CT molecular complexity index is 609. The first kappa shape index (κ1) is 15.8. The van der Waals surface area contributed by atoms with Crippen LogP contribution < -0.4 is 4.90 Å². The van der Waals surface area contributed by atoms with E-state index in [4.69, 9.17) is 0 Å². The summed E-state index contributed by atoms with van der Waals surface area (Å²) in [4.78, 5) is 27.8. The largest absolute Gasteiger partial charge is 0.350 e. The van der Waals surface area contributed by atoms with Crippen LogP contribution in [0.2, 0.25) is 0 Å². The Morgan fingerprint density at radius 2 is 1.75 bits per heavy atom. The molecule has 3 aliphatic rings. The fourth-order valence-electron chi connectivity index (χ4n) is 4.23. The average molecular weight is 329 g/mol. The fraction of sp³-hybridized carbons (Fsp3) is 0.722. The van der Waals surface area contributed by atoms with Gasteiger partial charge < -0.3 is 9.80 Å². The van der Waals surface area contributed by atoms with Crippen molar-refractivity contribution in [3.8, 4) is 0 Å². The first-order valence-corrected chi connectivity index (χ1v) is 9.19. The van der Waals surface area contributed by atoms with Crippen LogP contribution in [0.5, 0.6) is 0 Å². The molecule has 0 radical (unpaired) electrons.